The molecule has 3 unspecified atom stereocenters. The Labute approximate surface area is 136 Å². The van der Waals surface area contributed by atoms with E-state index in [4.69, 9.17) is 5.73 Å². The van der Waals surface area contributed by atoms with E-state index in [9.17, 15) is 14.4 Å². The van der Waals surface area contributed by atoms with Gasteiger partial charge < -0.3 is 16.0 Å². The second kappa shape index (κ2) is 6.11. The first-order valence-corrected chi connectivity index (χ1v) is 8.63. The van der Waals surface area contributed by atoms with Gasteiger partial charge in [-0.2, -0.15) is 0 Å². The standard InChI is InChI=1S/C16H26N4O3/c1-11-5-2-3-7-16(11)14(22)20(15(23)18-16)10-13(21)19-8-4-6-12(19)9-17/h11-12H,2-10,17H2,1H3,(H,18,23). The van der Waals surface area contributed by atoms with E-state index >= 15 is 0 Å². The number of nitrogens with two attached hydrogens (primary N) is 1. The number of imide groups is 1. The summed E-state index contributed by atoms with van der Waals surface area (Å²) < 4.78 is 0. The number of nitrogens with zero attached hydrogens (tertiary/aromatic N) is 2. The van der Waals surface area contributed by atoms with Crippen molar-refractivity contribution < 1.29 is 14.4 Å². The van der Waals surface area contributed by atoms with Crippen molar-refractivity contribution >= 4 is 17.8 Å². The summed E-state index contributed by atoms with van der Waals surface area (Å²) in [6.07, 6.45) is 5.42. The van der Waals surface area contributed by atoms with E-state index in [1.807, 2.05) is 6.92 Å². The molecule has 3 fully saturated rings. The number of likely N-dealkylation sites (tertiary alicyclic amines) is 1. The van der Waals surface area contributed by atoms with Crippen molar-refractivity contribution in [2.75, 3.05) is 19.6 Å². The molecular formula is C16H26N4O3. The smallest absolute Gasteiger partial charge is 0.325 e. The van der Waals surface area contributed by atoms with Crippen molar-refractivity contribution in [2.24, 2.45) is 11.7 Å². The van der Waals surface area contributed by atoms with E-state index in [1.165, 1.54) is 0 Å². The molecule has 0 radical (unpaired) electrons. The molecule has 0 aromatic carbocycles. The summed E-state index contributed by atoms with van der Waals surface area (Å²) in [5.74, 6) is -0.301. The van der Waals surface area contributed by atoms with Gasteiger partial charge in [-0.15, -0.1) is 0 Å². The van der Waals surface area contributed by atoms with Crippen LogP contribution in [0, 0.1) is 5.92 Å². The van der Waals surface area contributed by atoms with E-state index in [0.29, 0.717) is 19.5 Å². The Morgan fingerprint density at radius 1 is 1.30 bits per heavy atom. The molecule has 1 spiro atoms. The van der Waals surface area contributed by atoms with Crippen molar-refractivity contribution in [3.05, 3.63) is 0 Å². The van der Waals surface area contributed by atoms with Crippen molar-refractivity contribution in [1.82, 2.24) is 15.1 Å². The van der Waals surface area contributed by atoms with Crippen LogP contribution in [-0.4, -0.2) is 58.9 Å². The van der Waals surface area contributed by atoms with Crippen molar-refractivity contribution in [1.29, 1.82) is 0 Å². The predicted octanol–water partition coefficient (Wildman–Crippen LogP) is 0.437. The van der Waals surface area contributed by atoms with Gasteiger partial charge in [-0.05, 0) is 31.6 Å². The molecule has 7 nitrogen and oxygen atoms in total. The van der Waals surface area contributed by atoms with Crippen molar-refractivity contribution in [3.8, 4) is 0 Å². The third-order valence-electron chi connectivity index (χ3n) is 5.76. The van der Waals surface area contributed by atoms with E-state index in [2.05, 4.69) is 5.32 Å². The molecular weight excluding hydrogens is 296 g/mol. The lowest BCUT2D eigenvalue weighted by Gasteiger charge is -2.36. The van der Waals surface area contributed by atoms with Gasteiger partial charge in [0.15, 0.2) is 0 Å². The van der Waals surface area contributed by atoms with Crippen molar-refractivity contribution in [2.45, 2.75) is 57.0 Å². The molecule has 0 bridgehead atoms. The third kappa shape index (κ3) is 2.60. The Bertz CT molecular complexity index is 523. The molecule has 3 rings (SSSR count). The monoisotopic (exact) mass is 322 g/mol. The van der Waals surface area contributed by atoms with Gasteiger partial charge in [0.1, 0.15) is 12.1 Å². The van der Waals surface area contributed by atoms with Gasteiger partial charge >= 0.3 is 6.03 Å². The molecule has 23 heavy (non-hydrogen) atoms. The van der Waals surface area contributed by atoms with Crippen LogP contribution < -0.4 is 11.1 Å². The topological polar surface area (TPSA) is 95.7 Å². The highest BCUT2D eigenvalue weighted by Crippen LogP contribution is 2.38. The van der Waals surface area contributed by atoms with Crippen molar-refractivity contribution in [3.63, 3.8) is 0 Å². The SMILES string of the molecule is CC1CCCCC12NC(=O)N(CC(=O)N1CCCC1CN)C2=O. The lowest BCUT2D eigenvalue weighted by molar-refractivity contribution is -0.140. The molecule has 3 N–H and O–H groups in total. The molecule has 2 heterocycles. The first-order chi connectivity index (χ1) is 11.0. The van der Waals surface area contributed by atoms with E-state index in [1.54, 1.807) is 4.90 Å². The maximum Gasteiger partial charge on any atom is 0.325 e. The average molecular weight is 322 g/mol. The minimum atomic E-state index is -0.798. The molecule has 128 valence electrons. The largest absolute Gasteiger partial charge is 0.337 e. The number of hydrogen-bond donors (Lipinski definition) is 2. The number of amides is 4. The lowest BCUT2D eigenvalue weighted by Crippen LogP contribution is -2.54. The average Bonchev–Trinajstić information content (AvgIpc) is 3.10. The maximum atomic E-state index is 12.9. The van der Waals surface area contributed by atoms with Crippen LogP contribution in [0.2, 0.25) is 0 Å². The van der Waals surface area contributed by atoms with Crippen LogP contribution in [-0.2, 0) is 9.59 Å². The third-order valence-corrected chi connectivity index (χ3v) is 5.76. The zero-order chi connectivity index (χ0) is 16.6. The fraction of sp³-hybridized carbons (Fsp3) is 0.812. The van der Waals surface area contributed by atoms with Crippen LogP contribution in [0.1, 0.15) is 45.4 Å². The maximum absolute atomic E-state index is 12.9. The number of carbonyl (C=O) groups is 3. The second-order valence-electron chi connectivity index (χ2n) is 7.06. The Hall–Kier alpha value is -1.63. The fourth-order valence-corrected chi connectivity index (χ4v) is 4.27. The van der Waals surface area contributed by atoms with Crippen LogP contribution >= 0.6 is 0 Å². The van der Waals surface area contributed by atoms with Crippen LogP contribution in [0.15, 0.2) is 0 Å². The molecule has 4 amide bonds. The number of urea groups is 1. The minimum Gasteiger partial charge on any atom is -0.337 e. The molecule has 3 aliphatic rings. The molecule has 0 aromatic heterocycles. The summed E-state index contributed by atoms with van der Waals surface area (Å²) in [5.41, 5.74) is 4.90. The molecule has 0 aromatic rings. The molecule has 1 saturated carbocycles. The van der Waals surface area contributed by atoms with Crippen LogP contribution in [0.4, 0.5) is 4.79 Å². The van der Waals surface area contributed by atoms with E-state index in [0.717, 1.165) is 37.0 Å². The predicted molar refractivity (Wildman–Crippen MR) is 84.4 cm³/mol. The number of carbonyl (C=O) groups excluding carboxylic acids is 3. The van der Waals surface area contributed by atoms with Gasteiger partial charge in [0.25, 0.3) is 5.91 Å². The molecule has 2 saturated heterocycles. The number of hydrogen-bond acceptors (Lipinski definition) is 4. The van der Waals surface area contributed by atoms with Crippen LogP contribution in [0.25, 0.3) is 0 Å². The quantitative estimate of drug-likeness (QED) is 0.737. The summed E-state index contributed by atoms with van der Waals surface area (Å²) in [7, 11) is 0. The first-order valence-electron chi connectivity index (χ1n) is 8.63. The highest BCUT2D eigenvalue weighted by Gasteiger charge is 2.55. The Balaban J connectivity index is 1.72. The highest BCUT2D eigenvalue weighted by atomic mass is 16.2. The van der Waals surface area contributed by atoms with Gasteiger partial charge in [0, 0.05) is 19.1 Å². The summed E-state index contributed by atoms with van der Waals surface area (Å²) in [6, 6.07) is -0.397. The summed E-state index contributed by atoms with van der Waals surface area (Å²) >= 11 is 0. The zero-order valence-corrected chi connectivity index (χ0v) is 13.7. The van der Waals surface area contributed by atoms with Gasteiger partial charge in [-0.25, -0.2) is 4.79 Å². The molecule has 7 heteroatoms. The first kappa shape index (κ1) is 16.2. The molecule has 3 atom stereocenters. The van der Waals surface area contributed by atoms with Crippen LogP contribution in [0.3, 0.4) is 0 Å². The second-order valence-corrected chi connectivity index (χ2v) is 7.06. The number of rotatable bonds is 3. The van der Waals surface area contributed by atoms with Gasteiger partial charge in [-0.1, -0.05) is 19.8 Å². The van der Waals surface area contributed by atoms with Gasteiger partial charge in [0.05, 0.1) is 0 Å². The van der Waals surface area contributed by atoms with E-state index in [-0.39, 0.29) is 30.3 Å². The Morgan fingerprint density at radius 2 is 2.09 bits per heavy atom. The van der Waals surface area contributed by atoms with E-state index < -0.39 is 11.6 Å². The lowest BCUT2D eigenvalue weighted by atomic mass is 9.73. The highest BCUT2D eigenvalue weighted by molar-refractivity contribution is 6.09. The minimum absolute atomic E-state index is 0.0332. The molecule has 1 aliphatic carbocycles. The van der Waals surface area contributed by atoms with Crippen LogP contribution in [0.5, 0.6) is 0 Å². The fourth-order valence-electron chi connectivity index (χ4n) is 4.27. The van der Waals surface area contributed by atoms with Gasteiger partial charge in [0.2, 0.25) is 5.91 Å². The summed E-state index contributed by atoms with van der Waals surface area (Å²) in [6.45, 7) is 2.92. The Morgan fingerprint density at radius 3 is 2.78 bits per heavy atom. The zero-order valence-electron chi connectivity index (χ0n) is 13.7. The normalized spacial score (nSPS) is 34.3. The summed E-state index contributed by atoms with van der Waals surface area (Å²) in [4.78, 5) is 40.5. The molecule has 2 aliphatic heterocycles. The van der Waals surface area contributed by atoms with Gasteiger partial charge in [-0.3, -0.25) is 14.5 Å². The number of nitrogens with one attached hydrogen (secondary N) is 1. The Kier molecular flexibility index (Phi) is 4.31. The summed E-state index contributed by atoms with van der Waals surface area (Å²) in [5, 5.41) is 2.88.